The predicted molar refractivity (Wildman–Crippen MR) is 119 cm³/mol. The second-order valence-corrected chi connectivity index (χ2v) is 7.61. The summed E-state index contributed by atoms with van der Waals surface area (Å²) in [4.78, 5) is 17.1. The molecule has 6 nitrogen and oxygen atoms in total. The maximum atomic E-state index is 12.9. The highest BCUT2D eigenvalue weighted by atomic mass is 35.5. The average Bonchev–Trinajstić information content (AvgIpc) is 3.24. The number of hydrogen-bond donors (Lipinski definition) is 0. The first-order valence-corrected chi connectivity index (χ1v) is 10.6. The van der Waals surface area contributed by atoms with Crippen LogP contribution in [0.5, 0.6) is 5.75 Å². The van der Waals surface area contributed by atoms with E-state index in [0.29, 0.717) is 36.8 Å². The first-order chi connectivity index (χ1) is 14.7. The van der Waals surface area contributed by atoms with Crippen molar-refractivity contribution in [2.24, 2.45) is 0 Å². The van der Waals surface area contributed by atoms with Gasteiger partial charge in [0, 0.05) is 37.4 Å². The number of aromatic nitrogens is 2. The van der Waals surface area contributed by atoms with Gasteiger partial charge in [-0.05, 0) is 30.7 Å². The molecule has 2 aromatic carbocycles. The number of nitrogens with zero attached hydrogens (tertiary/aromatic N) is 4. The number of benzene rings is 2. The lowest BCUT2D eigenvalue weighted by Gasteiger charge is -2.36. The second kappa shape index (κ2) is 9.22. The number of halogens is 1. The van der Waals surface area contributed by atoms with Gasteiger partial charge in [0.1, 0.15) is 5.75 Å². The van der Waals surface area contributed by atoms with Crippen LogP contribution in [0.15, 0.2) is 60.9 Å². The molecule has 7 heteroatoms. The van der Waals surface area contributed by atoms with Crippen LogP contribution in [0.4, 0.5) is 5.69 Å². The third kappa shape index (κ3) is 4.44. The number of piperazine rings is 1. The molecule has 156 valence electrons. The lowest BCUT2D eigenvalue weighted by Crippen LogP contribution is -2.48. The SMILES string of the molecule is CCOc1ccccc1N1CCN(C(=O)c2cnn(Cc3ccccc3Cl)c2)CC1. The zero-order chi connectivity index (χ0) is 20.9. The Kier molecular flexibility index (Phi) is 6.23. The van der Waals surface area contributed by atoms with E-state index in [1.165, 1.54) is 0 Å². The summed E-state index contributed by atoms with van der Waals surface area (Å²) < 4.78 is 7.50. The first-order valence-electron chi connectivity index (χ1n) is 10.2. The van der Waals surface area contributed by atoms with Crippen LogP contribution >= 0.6 is 11.6 Å². The van der Waals surface area contributed by atoms with Crippen molar-refractivity contribution >= 4 is 23.2 Å². The van der Waals surface area contributed by atoms with E-state index >= 15 is 0 Å². The molecule has 0 radical (unpaired) electrons. The van der Waals surface area contributed by atoms with Crippen LogP contribution in [-0.2, 0) is 6.54 Å². The van der Waals surface area contributed by atoms with E-state index < -0.39 is 0 Å². The molecule has 0 N–H and O–H groups in total. The van der Waals surface area contributed by atoms with Gasteiger partial charge >= 0.3 is 0 Å². The van der Waals surface area contributed by atoms with Crippen molar-refractivity contribution in [3.63, 3.8) is 0 Å². The summed E-state index contributed by atoms with van der Waals surface area (Å²) in [6.45, 7) is 6.01. The Morgan fingerprint density at radius 3 is 2.57 bits per heavy atom. The molecule has 0 saturated carbocycles. The number of carbonyl (C=O) groups is 1. The summed E-state index contributed by atoms with van der Waals surface area (Å²) in [5, 5.41) is 5.05. The maximum absolute atomic E-state index is 12.9. The monoisotopic (exact) mass is 424 g/mol. The zero-order valence-corrected chi connectivity index (χ0v) is 17.8. The second-order valence-electron chi connectivity index (χ2n) is 7.20. The Bertz CT molecular complexity index is 1010. The van der Waals surface area contributed by atoms with Gasteiger partial charge in [0.25, 0.3) is 5.91 Å². The van der Waals surface area contributed by atoms with E-state index in [0.717, 1.165) is 30.1 Å². The number of ether oxygens (including phenoxy) is 1. The molecule has 30 heavy (non-hydrogen) atoms. The molecule has 0 spiro atoms. The van der Waals surface area contributed by atoms with Crippen molar-refractivity contribution in [2.45, 2.75) is 13.5 Å². The van der Waals surface area contributed by atoms with Crippen molar-refractivity contribution in [3.05, 3.63) is 77.1 Å². The Hall–Kier alpha value is -2.99. The number of amides is 1. The summed E-state index contributed by atoms with van der Waals surface area (Å²) in [7, 11) is 0. The van der Waals surface area contributed by atoms with Crippen LogP contribution in [-0.4, -0.2) is 53.4 Å². The van der Waals surface area contributed by atoms with Crippen molar-refractivity contribution in [3.8, 4) is 5.75 Å². The van der Waals surface area contributed by atoms with Gasteiger partial charge in [-0.3, -0.25) is 9.48 Å². The number of carbonyl (C=O) groups excluding carboxylic acids is 1. The molecule has 0 atom stereocenters. The normalized spacial score (nSPS) is 14.1. The molecule has 1 fully saturated rings. The molecule has 0 unspecified atom stereocenters. The highest BCUT2D eigenvalue weighted by Crippen LogP contribution is 2.29. The third-order valence-electron chi connectivity index (χ3n) is 5.24. The molecule has 1 aliphatic rings. The van der Waals surface area contributed by atoms with E-state index in [4.69, 9.17) is 16.3 Å². The van der Waals surface area contributed by atoms with Crippen LogP contribution in [0.25, 0.3) is 0 Å². The fraction of sp³-hybridized carbons (Fsp3) is 0.304. The maximum Gasteiger partial charge on any atom is 0.257 e. The summed E-state index contributed by atoms with van der Waals surface area (Å²) in [5.41, 5.74) is 2.66. The number of anilines is 1. The van der Waals surface area contributed by atoms with E-state index in [2.05, 4.69) is 16.1 Å². The van der Waals surface area contributed by atoms with Crippen LogP contribution in [0.3, 0.4) is 0 Å². The van der Waals surface area contributed by atoms with Gasteiger partial charge in [-0.2, -0.15) is 5.10 Å². The fourth-order valence-corrected chi connectivity index (χ4v) is 3.89. The molecular weight excluding hydrogens is 400 g/mol. The minimum Gasteiger partial charge on any atom is -0.492 e. The minimum absolute atomic E-state index is 0.0122. The quantitative estimate of drug-likeness (QED) is 0.601. The Labute approximate surface area is 181 Å². The molecule has 0 bridgehead atoms. The average molecular weight is 425 g/mol. The van der Waals surface area contributed by atoms with Gasteiger partial charge in [-0.15, -0.1) is 0 Å². The van der Waals surface area contributed by atoms with Gasteiger partial charge in [0.2, 0.25) is 0 Å². The van der Waals surface area contributed by atoms with Crippen LogP contribution < -0.4 is 9.64 Å². The van der Waals surface area contributed by atoms with E-state index in [1.807, 2.05) is 54.3 Å². The lowest BCUT2D eigenvalue weighted by molar-refractivity contribution is 0.0746. The molecular formula is C23H25ClN4O2. The van der Waals surface area contributed by atoms with Gasteiger partial charge in [0.05, 0.1) is 30.6 Å². The van der Waals surface area contributed by atoms with Gasteiger partial charge in [-0.25, -0.2) is 0 Å². The van der Waals surface area contributed by atoms with Crippen LogP contribution in [0, 0.1) is 0 Å². The van der Waals surface area contributed by atoms with E-state index in [9.17, 15) is 4.79 Å². The Morgan fingerprint density at radius 1 is 1.07 bits per heavy atom. The van der Waals surface area contributed by atoms with Gasteiger partial charge in [0.15, 0.2) is 0 Å². The zero-order valence-electron chi connectivity index (χ0n) is 17.0. The Balaban J connectivity index is 1.38. The fourth-order valence-electron chi connectivity index (χ4n) is 3.69. The summed E-state index contributed by atoms with van der Waals surface area (Å²) in [6.07, 6.45) is 3.43. The highest BCUT2D eigenvalue weighted by Gasteiger charge is 2.24. The minimum atomic E-state index is 0.0122. The van der Waals surface area contributed by atoms with Gasteiger partial charge < -0.3 is 14.5 Å². The molecule has 1 aromatic heterocycles. The van der Waals surface area contributed by atoms with Crippen molar-refractivity contribution in [1.29, 1.82) is 0 Å². The predicted octanol–water partition coefficient (Wildman–Crippen LogP) is 3.95. The lowest BCUT2D eigenvalue weighted by atomic mass is 10.2. The smallest absolute Gasteiger partial charge is 0.257 e. The summed E-state index contributed by atoms with van der Waals surface area (Å²) in [6, 6.07) is 15.7. The molecule has 3 aromatic rings. The molecule has 4 rings (SSSR count). The highest BCUT2D eigenvalue weighted by molar-refractivity contribution is 6.31. The Morgan fingerprint density at radius 2 is 1.80 bits per heavy atom. The molecule has 2 heterocycles. The largest absolute Gasteiger partial charge is 0.492 e. The number of hydrogen-bond acceptors (Lipinski definition) is 4. The van der Waals surface area contributed by atoms with E-state index in [-0.39, 0.29) is 5.91 Å². The number of rotatable bonds is 6. The van der Waals surface area contributed by atoms with Gasteiger partial charge in [-0.1, -0.05) is 41.9 Å². The van der Waals surface area contributed by atoms with Crippen LogP contribution in [0.2, 0.25) is 5.02 Å². The molecule has 1 saturated heterocycles. The molecule has 1 amide bonds. The number of para-hydroxylation sites is 2. The van der Waals surface area contributed by atoms with Crippen molar-refractivity contribution in [1.82, 2.24) is 14.7 Å². The first kappa shape index (κ1) is 20.3. The van der Waals surface area contributed by atoms with Crippen LogP contribution in [0.1, 0.15) is 22.8 Å². The van der Waals surface area contributed by atoms with E-state index in [1.54, 1.807) is 17.1 Å². The summed E-state index contributed by atoms with van der Waals surface area (Å²) >= 11 is 6.23. The topological polar surface area (TPSA) is 50.6 Å². The standard InChI is InChI=1S/C23H25ClN4O2/c1-2-30-22-10-6-5-9-21(22)26-11-13-27(14-12-26)23(29)19-15-25-28(17-19)16-18-7-3-4-8-20(18)24/h3-10,15,17H,2,11-14,16H2,1H3. The summed E-state index contributed by atoms with van der Waals surface area (Å²) in [5.74, 6) is 0.902. The van der Waals surface area contributed by atoms with Crippen molar-refractivity contribution < 1.29 is 9.53 Å². The van der Waals surface area contributed by atoms with Crippen molar-refractivity contribution in [2.75, 3.05) is 37.7 Å². The molecule has 1 aliphatic heterocycles. The molecule has 0 aliphatic carbocycles. The third-order valence-corrected chi connectivity index (χ3v) is 5.61.